The summed E-state index contributed by atoms with van der Waals surface area (Å²) in [4.78, 5) is 32.5. The molecule has 1 aromatic heterocycles. The van der Waals surface area contributed by atoms with Crippen LogP contribution in [0.2, 0.25) is 0 Å². The largest absolute Gasteiger partial charge is 0.507 e. The van der Waals surface area contributed by atoms with Crippen molar-refractivity contribution in [2.75, 3.05) is 12.0 Å². The molecule has 1 fully saturated rings. The summed E-state index contributed by atoms with van der Waals surface area (Å²) in [6.07, 6.45) is 3.26. The van der Waals surface area contributed by atoms with E-state index in [9.17, 15) is 14.7 Å². The van der Waals surface area contributed by atoms with Gasteiger partial charge >= 0.3 is 0 Å². The molecular weight excluding hydrogens is 452 g/mol. The van der Waals surface area contributed by atoms with E-state index >= 15 is 0 Å². The second-order valence-corrected chi connectivity index (χ2v) is 9.77. The highest BCUT2D eigenvalue weighted by molar-refractivity contribution is 6.51. The van der Waals surface area contributed by atoms with E-state index in [1.54, 1.807) is 25.6 Å². The maximum Gasteiger partial charge on any atom is 0.300 e. The smallest absolute Gasteiger partial charge is 0.300 e. The number of pyridine rings is 1. The topological polar surface area (TPSA) is 79.7 Å². The third-order valence-corrected chi connectivity index (χ3v) is 6.74. The molecule has 1 saturated heterocycles. The van der Waals surface area contributed by atoms with Crippen LogP contribution in [-0.4, -0.2) is 28.9 Å². The number of carbonyl (C=O) groups excluding carboxylic acids is 2. The lowest BCUT2D eigenvalue weighted by atomic mass is 9.91. The minimum Gasteiger partial charge on any atom is -0.507 e. The predicted octanol–water partition coefficient (Wildman–Crippen LogP) is 6.27. The van der Waals surface area contributed by atoms with Crippen LogP contribution in [0.1, 0.15) is 73.4 Å². The third kappa shape index (κ3) is 4.39. The number of amides is 1. The third-order valence-electron chi connectivity index (χ3n) is 6.74. The number of rotatable bonds is 6. The molecule has 3 aromatic rings. The van der Waals surface area contributed by atoms with Crippen molar-refractivity contribution in [2.24, 2.45) is 0 Å². The molecule has 186 valence electrons. The molecule has 0 saturated carbocycles. The first kappa shape index (κ1) is 25.2. The average Bonchev–Trinajstić information content (AvgIpc) is 3.14. The normalized spacial score (nSPS) is 17.3. The van der Waals surface area contributed by atoms with Gasteiger partial charge in [0.2, 0.25) is 0 Å². The molecule has 6 nitrogen and oxygen atoms in total. The van der Waals surface area contributed by atoms with Gasteiger partial charge in [-0.25, -0.2) is 0 Å². The first-order chi connectivity index (χ1) is 17.1. The van der Waals surface area contributed by atoms with Crippen LogP contribution in [0.15, 0.2) is 66.5 Å². The number of nitrogens with zero attached hydrogens (tertiary/aromatic N) is 2. The van der Waals surface area contributed by atoms with Crippen LogP contribution in [-0.2, 0) is 9.59 Å². The van der Waals surface area contributed by atoms with Crippen molar-refractivity contribution in [3.05, 3.63) is 94.3 Å². The lowest BCUT2D eigenvalue weighted by molar-refractivity contribution is -0.132. The molecule has 36 heavy (non-hydrogen) atoms. The first-order valence-electron chi connectivity index (χ1n) is 12.2. The lowest BCUT2D eigenvalue weighted by Gasteiger charge is -2.26. The SMILES string of the molecule is COc1cc(C)c(/C(O)=C2\C(=O)C(=O)N(c3ccc(C(C)C)cc3)C2c2cccnc2)cc1C(C)C. The van der Waals surface area contributed by atoms with Crippen LogP contribution in [0.3, 0.4) is 0 Å². The number of carbonyl (C=O) groups is 2. The molecule has 1 N–H and O–H groups in total. The molecule has 1 aliphatic heterocycles. The maximum absolute atomic E-state index is 13.5. The molecule has 1 unspecified atom stereocenters. The van der Waals surface area contributed by atoms with Crippen molar-refractivity contribution < 1.29 is 19.4 Å². The van der Waals surface area contributed by atoms with E-state index < -0.39 is 17.7 Å². The van der Waals surface area contributed by atoms with Crippen LogP contribution in [0.25, 0.3) is 5.76 Å². The molecule has 1 amide bonds. The summed E-state index contributed by atoms with van der Waals surface area (Å²) in [5.74, 6) is -0.437. The van der Waals surface area contributed by atoms with Crippen LogP contribution in [0.5, 0.6) is 5.75 Å². The van der Waals surface area contributed by atoms with E-state index in [2.05, 4.69) is 18.8 Å². The Labute approximate surface area is 212 Å². The number of benzene rings is 2. The zero-order valence-corrected chi connectivity index (χ0v) is 21.6. The predicted molar refractivity (Wildman–Crippen MR) is 141 cm³/mol. The van der Waals surface area contributed by atoms with E-state index in [0.29, 0.717) is 28.5 Å². The molecular formula is C30H32N2O4. The number of Topliss-reactive ketones (excluding diaryl/α,β-unsaturated/α-hetero) is 1. The Hall–Kier alpha value is -3.93. The van der Waals surface area contributed by atoms with Gasteiger partial charge in [0.1, 0.15) is 11.5 Å². The van der Waals surface area contributed by atoms with E-state index in [1.807, 2.05) is 63.2 Å². The van der Waals surface area contributed by atoms with Crippen molar-refractivity contribution in [3.8, 4) is 5.75 Å². The molecule has 0 aliphatic carbocycles. The fraction of sp³-hybridized carbons (Fsp3) is 0.300. The molecule has 0 spiro atoms. The quantitative estimate of drug-likeness (QED) is 0.253. The minimum absolute atomic E-state index is 0.0453. The first-order valence-corrected chi connectivity index (χ1v) is 12.2. The Balaban J connectivity index is 1.94. The van der Waals surface area contributed by atoms with E-state index in [4.69, 9.17) is 4.74 Å². The van der Waals surface area contributed by atoms with Crippen molar-refractivity contribution in [1.29, 1.82) is 0 Å². The van der Waals surface area contributed by atoms with Crippen LogP contribution < -0.4 is 9.64 Å². The number of aromatic nitrogens is 1. The molecule has 0 radical (unpaired) electrons. The molecule has 4 rings (SSSR count). The minimum atomic E-state index is -0.812. The highest BCUT2D eigenvalue weighted by atomic mass is 16.5. The Morgan fingerprint density at radius 1 is 1.03 bits per heavy atom. The fourth-order valence-corrected chi connectivity index (χ4v) is 4.70. The summed E-state index contributed by atoms with van der Waals surface area (Å²) < 4.78 is 5.54. The van der Waals surface area contributed by atoms with Gasteiger partial charge in [-0.15, -0.1) is 0 Å². The number of aliphatic hydroxyl groups is 1. The number of hydrogen-bond donors (Lipinski definition) is 1. The highest BCUT2D eigenvalue weighted by Crippen LogP contribution is 2.43. The molecule has 1 atom stereocenters. The summed E-state index contributed by atoms with van der Waals surface area (Å²) >= 11 is 0. The number of ether oxygens (including phenoxy) is 1. The van der Waals surface area contributed by atoms with Crippen molar-refractivity contribution in [3.63, 3.8) is 0 Å². The summed E-state index contributed by atoms with van der Waals surface area (Å²) in [5, 5.41) is 11.6. The second-order valence-electron chi connectivity index (χ2n) is 9.77. The Morgan fingerprint density at radius 2 is 1.72 bits per heavy atom. The zero-order chi connectivity index (χ0) is 26.1. The van der Waals surface area contributed by atoms with Gasteiger partial charge in [-0.05, 0) is 71.3 Å². The summed E-state index contributed by atoms with van der Waals surface area (Å²) in [6.45, 7) is 10.1. The summed E-state index contributed by atoms with van der Waals surface area (Å²) in [6, 6.07) is 14.1. The molecule has 1 aliphatic rings. The van der Waals surface area contributed by atoms with Crippen LogP contribution in [0, 0.1) is 6.92 Å². The molecule has 6 heteroatoms. The van der Waals surface area contributed by atoms with Crippen LogP contribution in [0.4, 0.5) is 5.69 Å². The van der Waals surface area contributed by atoms with E-state index in [-0.39, 0.29) is 17.3 Å². The Kier molecular flexibility index (Phi) is 6.97. The van der Waals surface area contributed by atoms with Gasteiger partial charge < -0.3 is 9.84 Å². The van der Waals surface area contributed by atoms with Crippen molar-refractivity contribution in [1.82, 2.24) is 4.98 Å². The number of aliphatic hydroxyl groups excluding tert-OH is 1. The van der Waals surface area contributed by atoms with Gasteiger partial charge in [0.05, 0.1) is 18.7 Å². The highest BCUT2D eigenvalue weighted by Gasteiger charge is 2.47. The van der Waals surface area contributed by atoms with Crippen LogP contribution >= 0.6 is 0 Å². The number of aryl methyl sites for hydroxylation is 1. The van der Waals surface area contributed by atoms with E-state index in [0.717, 1.165) is 16.7 Å². The summed E-state index contributed by atoms with van der Waals surface area (Å²) in [7, 11) is 1.61. The van der Waals surface area contributed by atoms with Gasteiger partial charge in [0.15, 0.2) is 0 Å². The average molecular weight is 485 g/mol. The second kappa shape index (κ2) is 9.97. The van der Waals surface area contributed by atoms with E-state index in [1.165, 1.54) is 4.90 Å². The standard InChI is InChI=1S/C30H32N2O4/c1-17(2)20-9-11-22(12-10-20)32-27(21-8-7-13-31-16-21)26(29(34)30(32)35)28(33)24-15-23(18(3)4)25(36-6)14-19(24)5/h7-18,27,33H,1-6H3/b28-26+. The monoisotopic (exact) mass is 484 g/mol. The van der Waals surface area contributed by atoms with Gasteiger partial charge in [-0.1, -0.05) is 45.9 Å². The Bertz CT molecular complexity index is 1330. The molecule has 2 aromatic carbocycles. The fourth-order valence-electron chi connectivity index (χ4n) is 4.70. The molecule has 0 bridgehead atoms. The number of ketones is 1. The lowest BCUT2D eigenvalue weighted by Crippen LogP contribution is -2.29. The van der Waals surface area contributed by atoms with Gasteiger partial charge in [0, 0.05) is 23.6 Å². The van der Waals surface area contributed by atoms with Gasteiger partial charge in [-0.3, -0.25) is 19.5 Å². The van der Waals surface area contributed by atoms with Gasteiger partial charge in [-0.2, -0.15) is 0 Å². The van der Waals surface area contributed by atoms with Gasteiger partial charge in [0.25, 0.3) is 11.7 Å². The zero-order valence-electron chi connectivity index (χ0n) is 21.6. The summed E-state index contributed by atoms with van der Waals surface area (Å²) in [5.41, 5.74) is 4.55. The maximum atomic E-state index is 13.5. The van der Waals surface area contributed by atoms with Crippen molar-refractivity contribution in [2.45, 2.75) is 52.5 Å². The Morgan fingerprint density at radius 3 is 2.28 bits per heavy atom. The number of methoxy groups -OCH3 is 1. The number of hydrogen-bond acceptors (Lipinski definition) is 5. The van der Waals surface area contributed by atoms with Crippen molar-refractivity contribution >= 4 is 23.1 Å². The molecule has 2 heterocycles. The number of anilines is 1.